The Kier molecular flexibility index (Phi) is 1.89. The third kappa shape index (κ3) is 1.17. The van der Waals surface area contributed by atoms with Gasteiger partial charge in [0.2, 0.25) is 0 Å². The maximum atomic E-state index is 5.56. The summed E-state index contributed by atoms with van der Waals surface area (Å²) in [6, 6.07) is 0. The van der Waals surface area contributed by atoms with Crippen LogP contribution in [0.2, 0.25) is 0 Å². The molecule has 11 heavy (non-hydrogen) atoms. The topological polar surface area (TPSA) is 48.1 Å². The molecule has 0 aromatic carbocycles. The first-order valence-electron chi connectivity index (χ1n) is 3.62. The molecule has 1 aliphatic heterocycles. The summed E-state index contributed by atoms with van der Waals surface area (Å²) in [4.78, 5) is 5.51. The minimum Gasteiger partial charge on any atom is -0.375 e. The van der Waals surface area contributed by atoms with Crippen LogP contribution >= 0.6 is 11.3 Å². The largest absolute Gasteiger partial charge is 0.375 e. The zero-order valence-electron chi connectivity index (χ0n) is 6.12. The van der Waals surface area contributed by atoms with Gasteiger partial charge in [-0.2, -0.15) is 0 Å². The van der Waals surface area contributed by atoms with Crippen molar-refractivity contribution < 1.29 is 4.74 Å². The van der Waals surface area contributed by atoms with E-state index in [-0.39, 0.29) is 0 Å². The van der Waals surface area contributed by atoms with E-state index in [0.29, 0.717) is 12.5 Å². The fraction of sp³-hybridized carbons (Fsp3) is 0.571. The molecule has 0 radical (unpaired) electrons. The Morgan fingerprint density at radius 3 is 3.55 bits per heavy atom. The van der Waals surface area contributed by atoms with Gasteiger partial charge in [0.15, 0.2) is 0 Å². The molecular weight excluding hydrogens is 160 g/mol. The lowest BCUT2D eigenvalue weighted by Crippen LogP contribution is -2.23. The van der Waals surface area contributed by atoms with Crippen molar-refractivity contribution in [2.75, 3.05) is 13.2 Å². The smallest absolute Gasteiger partial charge is 0.0828 e. The molecule has 1 atom stereocenters. The molecule has 0 saturated heterocycles. The molecule has 2 rings (SSSR count). The summed E-state index contributed by atoms with van der Waals surface area (Å²) in [5.74, 6) is 0.324. The van der Waals surface area contributed by atoms with Gasteiger partial charge >= 0.3 is 0 Å². The molecule has 1 unspecified atom stereocenters. The lowest BCUT2D eigenvalue weighted by atomic mass is 10.0. The Morgan fingerprint density at radius 1 is 1.82 bits per heavy atom. The van der Waals surface area contributed by atoms with Crippen molar-refractivity contribution in [3.63, 3.8) is 0 Å². The molecule has 2 heterocycles. The fourth-order valence-corrected chi connectivity index (χ4v) is 2.06. The lowest BCUT2D eigenvalue weighted by Gasteiger charge is -2.19. The van der Waals surface area contributed by atoms with Crippen LogP contribution in [0, 0.1) is 0 Å². The Balaban J connectivity index is 2.32. The van der Waals surface area contributed by atoms with Crippen LogP contribution in [0.25, 0.3) is 0 Å². The molecule has 0 saturated carbocycles. The Hall–Kier alpha value is -0.450. The molecule has 1 aromatic heterocycles. The number of ether oxygens (including phenoxy) is 1. The normalized spacial score (nSPS) is 23.2. The average Bonchev–Trinajstić information content (AvgIpc) is 2.50. The van der Waals surface area contributed by atoms with Crippen LogP contribution in [-0.2, 0) is 11.3 Å². The van der Waals surface area contributed by atoms with Crippen LogP contribution < -0.4 is 5.73 Å². The molecular formula is C7H10N2OS. The van der Waals surface area contributed by atoms with Gasteiger partial charge in [-0.05, 0) is 0 Å². The average molecular weight is 170 g/mol. The van der Waals surface area contributed by atoms with Crippen LogP contribution in [-0.4, -0.2) is 18.1 Å². The molecule has 3 nitrogen and oxygen atoms in total. The van der Waals surface area contributed by atoms with E-state index in [1.807, 2.05) is 5.51 Å². The second kappa shape index (κ2) is 2.89. The predicted molar refractivity (Wildman–Crippen MR) is 43.6 cm³/mol. The van der Waals surface area contributed by atoms with E-state index in [1.54, 1.807) is 11.3 Å². The monoisotopic (exact) mass is 170 g/mol. The van der Waals surface area contributed by atoms with Crippen LogP contribution in [0.3, 0.4) is 0 Å². The number of aromatic nitrogens is 1. The van der Waals surface area contributed by atoms with Gasteiger partial charge < -0.3 is 10.5 Å². The Morgan fingerprint density at radius 2 is 2.73 bits per heavy atom. The molecule has 0 bridgehead atoms. The highest BCUT2D eigenvalue weighted by Crippen LogP contribution is 2.27. The van der Waals surface area contributed by atoms with Crippen LogP contribution in [0.1, 0.15) is 16.5 Å². The molecule has 60 valence electrons. The third-order valence-corrected chi connectivity index (χ3v) is 2.72. The summed E-state index contributed by atoms with van der Waals surface area (Å²) in [6.45, 7) is 2.08. The molecule has 1 aliphatic rings. The van der Waals surface area contributed by atoms with E-state index in [0.717, 1.165) is 18.9 Å². The number of thiazole rings is 1. The Bertz CT molecular complexity index is 248. The van der Waals surface area contributed by atoms with Crippen molar-refractivity contribution >= 4 is 11.3 Å². The van der Waals surface area contributed by atoms with E-state index in [1.165, 1.54) is 4.88 Å². The van der Waals surface area contributed by atoms with Crippen molar-refractivity contribution in [3.8, 4) is 0 Å². The van der Waals surface area contributed by atoms with Crippen molar-refractivity contribution in [2.24, 2.45) is 5.73 Å². The number of hydrogen-bond donors (Lipinski definition) is 1. The van der Waals surface area contributed by atoms with Gasteiger partial charge in [-0.3, -0.25) is 0 Å². The summed E-state index contributed by atoms with van der Waals surface area (Å²) in [5, 5.41) is 0. The van der Waals surface area contributed by atoms with Gasteiger partial charge in [-0.1, -0.05) is 0 Å². The molecule has 1 aromatic rings. The minimum atomic E-state index is 0.324. The van der Waals surface area contributed by atoms with E-state index in [4.69, 9.17) is 10.5 Å². The third-order valence-electron chi connectivity index (χ3n) is 1.90. The van der Waals surface area contributed by atoms with Gasteiger partial charge in [0, 0.05) is 12.5 Å². The number of nitrogens with zero attached hydrogens (tertiary/aromatic N) is 1. The van der Waals surface area contributed by atoms with E-state index in [9.17, 15) is 0 Å². The number of fused-ring (bicyclic) bond motifs is 1. The van der Waals surface area contributed by atoms with Crippen LogP contribution in [0.15, 0.2) is 5.51 Å². The van der Waals surface area contributed by atoms with Gasteiger partial charge in [0.1, 0.15) is 0 Å². The summed E-state index contributed by atoms with van der Waals surface area (Å²) >= 11 is 1.65. The van der Waals surface area contributed by atoms with Crippen molar-refractivity contribution in [1.29, 1.82) is 0 Å². The molecule has 0 spiro atoms. The lowest BCUT2D eigenvalue weighted by molar-refractivity contribution is 0.0940. The van der Waals surface area contributed by atoms with Gasteiger partial charge in [-0.15, -0.1) is 11.3 Å². The maximum Gasteiger partial charge on any atom is 0.0828 e. The van der Waals surface area contributed by atoms with Gasteiger partial charge in [0.05, 0.1) is 29.3 Å². The quantitative estimate of drug-likeness (QED) is 0.675. The summed E-state index contributed by atoms with van der Waals surface area (Å²) in [7, 11) is 0. The molecule has 0 aliphatic carbocycles. The van der Waals surface area contributed by atoms with E-state index < -0.39 is 0 Å². The van der Waals surface area contributed by atoms with E-state index in [2.05, 4.69) is 4.98 Å². The van der Waals surface area contributed by atoms with Crippen molar-refractivity contribution in [3.05, 3.63) is 16.1 Å². The molecule has 4 heteroatoms. The zero-order valence-corrected chi connectivity index (χ0v) is 6.93. The number of nitrogens with two attached hydrogens (primary N) is 1. The van der Waals surface area contributed by atoms with Crippen molar-refractivity contribution in [1.82, 2.24) is 4.98 Å². The van der Waals surface area contributed by atoms with Crippen molar-refractivity contribution in [2.45, 2.75) is 12.5 Å². The van der Waals surface area contributed by atoms with E-state index >= 15 is 0 Å². The number of hydrogen-bond acceptors (Lipinski definition) is 4. The molecule has 0 fully saturated rings. The fourth-order valence-electron chi connectivity index (χ4n) is 1.27. The van der Waals surface area contributed by atoms with Gasteiger partial charge in [0.25, 0.3) is 0 Å². The first-order valence-corrected chi connectivity index (χ1v) is 4.50. The first kappa shape index (κ1) is 7.21. The Labute approximate surface area is 69.2 Å². The second-order valence-corrected chi connectivity index (χ2v) is 3.55. The SMILES string of the molecule is NCC1COCc2scnc21. The van der Waals surface area contributed by atoms with Crippen LogP contribution in [0.4, 0.5) is 0 Å². The standard InChI is InChI=1S/C7H10N2OS/c8-1-5-2-10-3-6-7(5)9-4-11-6/h4-5H,1-3,8H2. The first-order chi connectivity index (χ1) is 5.42. The highest BCUT2D eigenvalue weighted by atomic mass is 32.1. The minimum absolute atomic E-state index is 0.324. The number of rotatable bonds is 1. The summed E-state index contributed by atoms with van der Waals surface area (Å²) in [5.41, 5.74) is 8.58. The maximum absolute atomic E-state index is 5.56. The second-order valence-electron chi connectivity index (χ2n) is 2.61. The zero-order chi connectivity index (χ0) is 7.68. The highest BCUT2D eigenvalue weighted by Gasteiger charge is 2.21. The highest BCUT2D eigenvalue weighted by molar-refractivity contribution is 7.09. The predicted octanol–water partition coefficient (Wildman–Crippen LogP) is 0.716. The summed E-state index contributed by atoms with van der Waals surface area (Å²) < 4.78 is 5.35. The molecule has 2 N–H and O–H groups in total. The molecule has 0 amide bonds. The van der Waals surface area contributed by atoms with Gasteiger partial charge in [-0.25, -0.2) is 4.98 Å². The summed E-state index contributed by atoms with van der Waals surface area (Å²) in [6.07, 6.45) is 0. The van der Waals surface area contributed by atoms with Crippen LogP contribution in [0.5, 0.6) is 0 Å².